The first-order valence-corrected chi connectivity index (χ1v) is 8.34. The van der Waals surface area contributed by atoms with E-state index < -0.39 is 37.1 Å². The number of hydrogen-bond donors (Lipinski definition) is 0. The first-order valence-electron chi connectivity index (χ1n) is 6.03. The van der Waals surface area contributed by atoms with E-state index in [-0.39, 0.29) is 0 Å². The van der Waals surface area contributed by atoms with Crippen LogP contribution in [0.4, 0.5) is 8.78 Å². The second-order valence-corrected chi connectivity index (χ2v) is 7.09. The zero-order chi connectivity index (χ0) is 14.9. The van der Waals surface area contributed by atoms with Gasteiger partial charge in [-0.15, -0.1) is 0 Å². The zero-order valence-electron chi connectivity index (χ0n) is 10.4. The highest BCUT2D eigenvalue weighted by Crippen LogP contribution is 2.25. The van der Waals surface area contributed by atoms with Crippen LogP contribution in [-0.4, -0.2) is 32.3 Å². The molecule has 1 saturated heterocycles. The molecule has 1 aliphatic rings. The molecule has 1 aliphatic heterocycles. The van der Waals surface area contributed by atoms with E-state index in [1.165, 1.54) is 4.90 Å². The summed E-state index contributed by atoms with van der Waals surface area (Å²) < 4.78 is 49.3. The maximum Gasteiger partial charge on any atom is 0.262 e. The van der Waals surface area contributed by atoms with E-state index in [4.69, 9.17) is 10.7 Å². The SMILES string of the molecule is O=C(c1cc(F)c(F)cc1S(=O)(=O)Cl)N1CCCCC1. The third kappa shape index (κ3) is 3.09. The number of amides is 1. The van der Waals surface area contributed by atoms with Crippen LogP contribution in [0.5, 0.6) is 0 Å². The van der Waals surface area contributed by atoms with E-state index in [2.05, 4.69) is 0 Å². The Bertz CT molecular complexity index is 642. The topological polar surface area (TPSA) is 54.5 Å². The molecule has 0 saturated carbocycles. The molecule has 0 aromatic heterocycles. The molecule has 1 heterocycles. The summed E-state index contributed by atoms with van der Waals surface area (Å²) in [7, 11) is 0.845. The molecule has 0 atom stereocenters. The predicted octanol–water partition coefficient (Wildman–Crippen LogP) is 2.52. The van der Waals surface area contributed by atoms with Gasteiger partial charge in [-0.3, -0.25) is 4.79 Å². The van der Waals surface area contributed by atoms with E-state index in [9.17, 15) is 22.0 Å². The molecule has 4 nitrogen and oxygen atoms in total. The van der Waals surface area contributed by atoms with Crippen LogP contribution in [0, 0.1) is 11.6 Å². The van der Waals surface area contributed by atoms with Crippen molar-refractivity contribution in [3.05, 3.63) is 29.3 Å². The number of hydrogen-bond acceptors (Lipinski definition) is 3. The van der Waals surface area contributed by atoms with Crippen molar-refractivity contribution in [2.45, 2.75) is 24.2 Å². The molecule has 20 heavy (non-hydrogen) atoms. The lowest BCUT2D eigenvalue weighted by atomic mass is 10.1. The normalized spacial score (nSPS) is 16.2. The van der Waals surface area contributed by atoms with Crippen molar-refractivity contribution in [2.75, 3.05) is 13.1 Å². The highest BCUT2D eigenvalue weighted by atomic mass is 35.7. The number of carbonyl (C=O) groups excluding carboxylic acids is 1. The maximum atomic E-state index is 13.3. The van der Waals surface area contributed by atoms with Gasteiger partial charge in [0.25, 0.3) is 15.0 Å². The average Bonchev–Trinajstić information content (AvgIpc) is 2.40. The summed E-state index contributed by atoms with van der Waals surface area (Å²) in [5.74, 6) is -3.29. The van der Waals surface area contributed by atoms with Crippen LogP contribution >= 0.6 is 10.7 Å². The van der Waals surface area contributed by atoms with Gasteiger partial charge in [0.1, 0.15) is 0 Å². The standard InChI is InChI=1S/C12H12ClF2NO3S/c13-20(18,19)11-7-10(15)9(14)6-8(11)12(17)16-4-2-1-3-5-16/h6-7H,1-5H2. The predicted molar refractivity (Wildman–Crippen MR) is 69.2 cm³/mol. The lowest BCUT2D eigenvalue weighted by Gasteiger charge is -2.27. The molecule has 1 amide bonds. The Morgan fingerprint density at radius 1 is 1.10 bits per heavy atom. The maximum absolute atomic E-state index is 13.3. The summed E-state index contributed by atoms with van der Waals surface area (Å²) in [5, 5.41) is 0. The quantitative estimate of drug-likeness (QED) is 0.786. The summed E-state index contributed by atoms with van der Waals surface area (Å²) in [6.07, 6.45) is 2.55. The number of rotatable bonds is 2. The molecular weight excluding hydrogens is 312 g/mol. The number of halogens is 3. The monoisotopic (exact) mass is 323 g/mol. The van der Waals surface area contributed by atoms with Crippen molar-refractivity contribution in [3.8, 4) is 0 Å². The van der Waals surface area contributed by atoms with E-state index >= 15 is 0 Å². The summed E-state index contributed by atoms with van der Waals surface area (Å²) in [6, 6.07) is 1.02. The van der Waals surface area contributed by atoms with Crippen molar-refractivity contribution in [1.82, 2.24) is 4.90 Å². The summed E-state index contributed by atoms with van der Waals surface area (Å²) in [4.78, 5) is 13.0. The number of nitrogens with zero attached hydrogens (tertiary/aromatic N) is 1. The van der Waals surface area contributed by atoms with Gasteiger partial charge < -0.3 is 4.90 Å². The highest BCUT2D eigenvalue weighted by molar-refractivity contribution is 8.13. The number of benzene rings is 1. The minimum atomic E-state index is -4.34. The average molecular weight is 324 g/mol. The molecule has 0 unspecified atom stereocenters. The first kappa shape index (κ1) is 15.2. The van der Waals surface area contributed by atoms with Gasteiger partial charge in [-0.05, 0) is 31.4 Å². The highest BCUT2D eigenvalue weighted by Gasteiger charge is 2.27. The second kappa shape index (κ2) is 5.65. The van der Waals surface area contributed by atoms with E-state index in [0.717, 1.165) is 19.3 Å². The van der Waals surface area contributed by atoms with Crippen LogP contribution in [0.3, 0.4) is 0 Å². The van der Waals surface area contributed by atoms with Crippen LogP contribution < -0.4 is 0 Å². The molecule has 1 fully saturated rings. The van der Waals surface area contributed by atoms with Gasteiger partial charge >= 0.3 is 0 Å². The van der Waals surface area contributed by atoms with Gasteiger partial charge in [-0.1, -0.05) is 0 Å². The van der Waals surface area contributed by atoms with Crippen LogP contribution in [0.25, 0.3) is 0 Å². The van der Waals surface area contributed by atoms with Crippen molar-refractivity contribution < 1.29 is 22.0 Å². The van der Waals surface area contributed by atoms with Crippen LogP contribution in [0.15, 0.2) is 17.0 Å². The first-order chi connectivity index (χ1) is 9.30. The summed E-state index contributed by atoms with van der Waals surface area (Å²) in [5.41, 5.74) is -0.430. The summed E-state index contributed by atoms with van der Waals surface area (Å²) in [6.45, 7) is 0.916. The van der Waals surface area contributed by atoms with Crippen molar-refractivity contribution in [3.63, 3.8) is 0 Å². The Labute approximate surface area is 119 Å². The second-order valence-electron chi connectivity index (χ2n) is 4.55. The van der Waals surface area contributed by atoms with Crippen LogP contribution in [-0.2, 0) is 9.05 Å². The molecule has 1 aromatic carbocycles. The van der Waals surface area contributed by atoms with Gasteiger partial charge in [0.05, 0.1) is 10.5 Å². The molecule has 110 valence electrons. The molecule has 2 rings (SSSR count). The number of likely N-dealkylation sites (tertiary alicyclic amines) is 1. The van der Waals surface area contributed by atoms with Crippen molar-refractivity contribution >= 4 is 25.6 Å². The third-order valence-corrected chi connectivity index (χ3v) is 4.52. The zero-order valence-corrected chi connectivity index (χ0v) is 12.0. The largest absolute Gasteiger partial charge is 0.339 e. The van der Waals surface area contributed by atoms with Gasteiger partial charge in [0.2, 0.25) is 0 Å². The molecule has 1 aromatic rings. The minimum Gasteiger partial charge on any atom is -0.339 e. The van der Waals surface area contributed by atoms with E-state index in [1.54, 1.807) is 0 Å². The Hall–Kier alpha value is -1.21. The Morgan fingerprint density at radius 2 is 1.65 bits per heavy atom. The fraction of sp³-hybridized carbons (Fsp3) is 0.417. The molecule has 0 radical (unpaired) electrons. The Kier molecular flexibility index (Phi) is 4.29. The van der Waals surface area contributed by atoms with Crippen LogP contribution in [0.2, 0.25) is 0 Å². The summed E-state index contributed by atoms with van der Waals surface area (Å²) >= 11 is 0. The number of piperidine rings is 1. The van der Waals surface area contributed by atoms with Gasteiger partial charge in [0, 0.05) is 23.8 Å². The van der Waals surface area contributed by atoms with Gasteiger partial charge in [-0.2, -0.15) is 0 Å². The fourth-order valence-corrected chi connectivity index (χ4v) is 3.20. The lowest BCUT2D eigenvalue weighted by molar-refractivity contribution is 0.0719. The third-order valence-electron chi connectivity index (χ3n) is 3.16. The van der Waals surface area contributed by atoms with Crippen molar-refractivity contribution in [1.29, 1.82) is 0 Å². The van der Waals surface area contributed by atoms with Crippen molar-refractivity contribution in [2.24, 2.45) is 0 Å². The molecule has 0 bridgehead atoms. The lowest BCUT2D eigenvalue weighted by Crippen LogP contribution is -2.36. The smallest absolute Gasteiger partial charge is 0.262 e. The van der Waals surface area contributed by atoms with Crippen LogP contribution in [0.1, 0.15) is 29.6 Å². The molecule has 0 N–H and O–H groups in total. The van der Waals surface area contributed by atoms with E-state index in [1.807, 2.05) is 0 Å². The fourth-order valence-electron chi connectivity index (χ4n) is 2.16. The molecule has 0 aliphatic carbocycles. The Morgan fingerprint density at radius 3 is 2.20 bits per heavy atom. The molecule has 8 heteroatoms. The Balaban J connectivity index is 2.49. The molecular formula is C12H12ClF2NO3S. The van der Waals surface area contributed by atoms with E-state index in [0.29, 0.717) is 25.2 Å². The molecule has 0 spiro atoms. The number of carbonyl (C=O) groups is 1. The van der Waals surface area contributed by atoms with Gasteiger partial charge in [0.15, 0.2) is 11.6 Å². The minimum absolute atomic E-state index is 0.430. The van der Waals surface area contributed by atoms with Gasteiger partial charge in [-0.25, -0.2) is 17.2 Å².